The Kier molecular flexibility index (Phi) is 3.62. The number of rotatable bonds is 4. The number of nitrogens with zero attached hydrogens (tertiary/aromatic N) is 1. The number of benzene rings is 2. The molecular weight excluding hydrogens is 302 g/mol. The molecule has 1 heterocycles. The van der Waals surface area contributed by atoms with E-state index in [9.17, 15) is 13.2 Å². The molecule has 2 aromatic rings. The van der Waals surface area contributed by atoms with Gasteiger partial charge in [0.05, 0.1) is 12.2 Å². The van der Waals surface area contributed by atoms with Crippen LogP contribution >= 0.6 is 0 Å². The van der Waals surface area contributed by atoms with Gasteiger partial charge in [-0.25, -0.2) is 8.42 Å². The molecule has 0 bridgehead atoms. The van der Waals surface area contributed by atoms with E-state index in [2.05, 4.69) is 0 Å². The highest BCUT2D eigenvalue weighted by atomic mass is 32.2. The summed E-state index contributed by atoms with van der Waals surface area (Å²) in [4.78, 5) is 13.4. The van der Waals surface area contributed by atoms with E-state index in [-0.39, 0.29) is 18.0 Å². The average Bonchev–Trinajstić information content (AvgIpc) is 2.70. The van der Waals surface area contributed by atoms with Crippen molar-refractivity contribution in [2.75, 3.05) is 18.1 Å². The maximum absolute atomic E-state index is 12.1. The SMILES string of the molecule is Cc1ccccc1OCCN1C(=O)S(=O)(=O)c2ccccc21. The van der Waals surface area contributed by atoms with Crippen molar-refractivity contribution in [3.05, 3.63) is 54.1 Å². The lowest BCUT2D eigenvalue weighted by Crippen LogP contribution is -2.32. The maximum atomic E-state index is 12.1. The Labute approximate surface area is 129 Å². The van der Waals surface area contributed by atoms with Gasteiger partial charge in [-0.2, -0.15) is 0 Å². The summed E-state index contributed by atoms with van der Waals surface area (Å²) in [6.07, 6.45) is 0. The van der Waals surface area contributed by atoms with Crippen molar-refractivity contribution in [3.63, 3.8) is 0 Å². The summed E-state index contributed by atoms with van der Waals surface area (Å²) >= 11 is 0. The van der Waals surface area contributed by atoms with E-state index < -0.39 is 15.1 Å². The Hall–Kier alpha value is -2.34. The molecule has 0 radical (unpaired) electrons. The van der Waals surface area contributed by atoms with E-state index in [1.54, 1.807) is 18.2 Å². The molecule has 5 nitrogen and oxygen atoms in total. The monoisotopic (exact) mass is 317 g/mol. The zero-order valence-electron chi connectivity index (χ0n) is 12.0. The van der Waals surface area contributed by atoms with Crippen molar-refractivity contribution < 1.29 is 17.9 Å². The molecule has 0 aromatic heterocycles. The van der Waals surface area contributed by atoms with Crippen molar-refractivity contribution in [2.24, 2.45) is 0 Å². The first kappa shape index (κ1) is 14.6. The van der Waals surface area contributed by atoms with Gasteiger partial charge in [0, 0.05) is 0 Å². The van der Waals surface area contributed by atoms with Crippen LogP contribution in [0.3, 0.4) is 0 Å². The third-order valence-corrected chi connectivity index (χ3v) is 5.17. The number of para-hydroxylation sites is 2. The molecule has 2 aromatic carbocycles. The van der Waals surface area contributed by atoms with Crippen molar-refractivity contribution >= 4 is 20.8 Å². The molecule has 0 N–H and O–H groups in total. The second-order valence-electron chi connectivity index (χ2n) is 5.00. The fourth-order valence-electron chi connectivity index (χ4n) is 2.42. The highest BCUT2D eigenvalue weighted by Crippen LogP contribution is 2.34. The minimum atomic E-state index is -3.91. The van der Waals surface area contributed by atoms with Gasteiger partial charge in [0.25, 0.3) is 9.84 Å². The molecule has 114 valence electrons. The van der Waals surface area contributed by atoms with E-state index >= 15 is 0 Å². The fourth-order valence-corrected chi connectivity index (χ4v) is 3.80. The fraction of sp³-hybridized carbons (Fsp3) is 0.188. The molecule has 1 aliphatic rings. The Balaban J connectivity index is 1.77. The molecule has 0 spiro atoms. The molecule has 0 saturated carbocycles. The van der Waals surface area contributed by atoms with Gasteiger partial charge in [0.1, 0.15) is 17.3 Å². The Bertz CT molecular complexity index is 830. The minimum absolute atomic E-state index is 0.0656. The number of fused-ring (bicyclic) bond motifs is 1. The first-order valence-corrected chi connectivity index (χ1v) is 8.34. The van der Waals surface area contributed by atoms with E-state index in [1.807, 2.05) is 31.2 Å². The summed E-state index contributed by atoms with van der Waals surface area (Å²) in [6.45, 7) is 2.33. The van der Waals surface area contributed by atoms with Crippen LogP contribution in [0, 0.1) is 6.92 Å². The largest absolute Gasteiger partial charge is 0.491 e. The Morgan fingerprint density at radius 2 is 1.73 bits per heavy atom. The summed E-state index contributed by atoms with van der Waals surface area (Å²) in [5.74, 6) is 0.727. The maximum Gasteiger partial charge on any atom is 0.348 e. The van der Waals surface area contributed by atoms with Crippen LogP contribution in [0.15, 0.2) is 53.4 Å². The van der Waals surface area contributed by atoms with E-state index in [1.165, 1.54) is 11.0 Å². The number of carbonyl (C=O) groups excluding carboxylic acids is 1. The Morgan fingerprint density at radius 3 is 2.50 bits per heavy atom. The van der Waals surface area contributed by atoms with Crippen LogP contribution in [-0.2, 0) is 9.84 Å². The predicted molar refractivity (Wildman–Crippen MR) is 83.0 cm³/mol. The molecule has 1 aliphatic heterocycles. The van der Waals surface area contributed by atoms with Gasteiger partial charge in [0.15, 0.2) is 0 Å². The summed E-state index contributed by atoms with van der Waals surface area (Å²) < 4.78 is 29.7. The third-order valence-electron chi connectivity index (χ3n) is 3.56. The number of amides is 1. The van der Waals surface area contributed by atoms with E-state index in [0.29, 0.717) is 5.69 Å². The van der Waals surface area contributed by atoms with Crippen molar-refractivity contribution in [1.82, 2.24) is 0 Å². The van der Waals surface area contributed by atoms with Gasteiger partial charge in [-0.15, -0.1) is 0 Å². The molecule has 6 heteroatoms. The number of hydrogen-bond acceptors (Lipinski definition) is 4. The van der Waals surface area contributed by atoms with E-state index in [0.717, 1.165) is 11.3 Å². The smallest absolute Gasteiger partial charge is 0.348 e. The highest BCUT2D eigenvalue weighted by Gasteiger charge is 2.41. The van der Waals surface area contributed by atoms with Crippen LogP contribution in [0.1, 0.15) is 5.56 Å². The molecule has 0 atom stereocenters. The lowest BCUT2D eigenvalue weighted by atomic mass is 10.2. The average molecular weight is 317 g/mol. The number of anilines is 1. The number of hydrogen-bond donors (Lipinski definition) is 0. The zero-order chi connectivity index (χ0) is 15.7. The number of ether oxygens (including phenoxy) is 1. The van der Waals surface area contributed by atoms with Crippen molar-refractivity contribution in [1.29, 1.82) is 0 Å². The first-order chi connectivity index (χ1) is 10.5. The summed E-state index contributed by atoms with van der Waals surface area (Å²) in [5, 5.41) is -0.887. The Morgan fingerprint density at radius 1 is 1.05 bits per heavy atom. The van der Waals surface area contributed by atoms with Crippen molar-refractivity contribution in [3.8, 4) is 5.75 Å². The molecule has 0 aliphatic carbocycles. The van der Waals surface area contributed by atoms with Crippen molar-refractivity contribution in [2.45, 2.75) is 11.8 Å². The highest BCUT2D eigenvalue weighted by molar-refractivity contribution is 8.07. The standard InChI is InChI=1S/C16H15NO4S/c1-12-6-2-4-8-14(12)21-11-10-17-13-7-3-5-9-15(13)22(19,20)16(17)18/h2-9H,10-11H2,1H3. The lowest BCUT2D eigenvalue weighted by Gasteiger charge is -2.16. The van der Waals surface area contributed by atoms with Crippen LogP contribution in [-0.4, -0.2) is 26.8 Å². The number of carbonyl (C=O) groups is 1. The van der Waals surface area contributed by atoms with Gasteiger partial charge in [-0.3, -0.25) is 9.69 Å². The lowest BCUT2D eigenvalue weighted by molar-refractivity contribution is 0.260. The number of sulfone groups is 1. The molecule has 0 unspecified atom stereocenters. The van der Waals surface area contributed by atoms with Gasteiger partial charge < -0.3 is 4.74 Å². The topological polar surface area (TPSA) is 63.7 Å². The summed E-state index contributed by atoms with van der Waals surface area (Å²) in [5.41, 5.74) is 1.41. The van der Waals surface area contributed by atoms with Gasteiger partial charge in [-0.1, -0.05) is 30.3 Å². The second kappa shape index (κ2) is 5.46. The number of aryl methyl sites for hydroxylation is 1. The third kappa shape index (κ3) is 2.35. The van der Waals surface area contributed by atoms with E-state index in [4.69, 9.17) is 4.74 Å². The van der Waals surface area contributed by atoms with Crippen LogP contribution < -0.4 is 9.64 Å². The predicted octanol–water partition coefficient (Wildman–Crippen LogP) is 2.79. The van der Waals surface area contributed by atoms with Crippen LogP contribution in [0.2, 0.25) is 0 Å². The van der Waals surface area contributed by atoms with Crippen LogP contribution in [0.5, 0.6) is 5.75 Å². The normalized spacial score (nSPS) is 15.7. The summed E-state index contributed by atoms with van der Waals surface area (Å²) in [6, 6.07) is 13.9. The zero-order valence-corrected chi connectivity index (χ0v) is 12.8. The first-order valence-electron chi connectivity index (χ1n) is 6.86. The molecule has 0 fully saturated rings. The van der Waals surface area contributed by atoms with Gasteiger partial charge >= 0.3 is 5.24 Å². The molecule has 0 saturated heterocycles. The molecule has 22 heavy (non-hydrogen) atoms. The van der Waals surface area contributed by atoms with Crippen LogP contribution in [0.25, 0.3) is 0 Å². The van der Waals surface area contributed by atoms with Gasteiger partial charge in [-0.05, 0) is 30.7 Å². The van der Waals surface area contributed by atoms with Crippen LogP contribution in [0.4, 0.5) is 10.5 Å². The minimum Gasteiger partial charge on any atom is -0.491 e. The quantitative estimate of drug-likeness (QED) is 0.870. The summed E-state index contributed by atoms with van der Waals surface area (Å²) in [7, 11) is -3.91. The molecular formula is C16H15NO4S. The molecule has 3 rings (SSSR count). The molecule has 1 amide bonds. The second-order valence-corrected chi connectivity index (χ2v) is 6.80. The van der Waals surface area contributed by atoms with Gasteiger partial charge in [0.2, 0.25) is 0 Å².